The second-order valence-electron chi connectivity index (χ2n) is 5.31. The molecule has 0 saturated heterocycles. The number of pyridine rings is 1. The van der Waals surface area contributed by atoms with Gasteiger partial charge in [0.1, 0.15) is 5.69 Å². The van der Waals surface area contributed by atoms with E-state index in [2.05, 4.69) is 4.98 Å². The van der Waals surface area contributed by atoms with Gasteiger partial charge in [-0.05, 0) is 30.3 Å². The Bertz CT molecular complexity index is 1010. The number of rotatable bonds is 3. The lowest BCUT2D eigenvalue weighted by molar-refractivity contribution is -0.383. The second-order valence-corrected chi connectivity index (χ2v) is 7.75. The van der Waals surface area contributed by atoms with Crippen LogP contribution in [0.2, 0.25) is 30.1 Å². The third kappa shape index (κ3) is 3.97. The fourth-order valence-corrected chi connectivity index (χ4v) is 3.77. The lowest BCUT2D eigenvalue weighted by atomic mass is 10.0. The summed E-state index contributed by atoms with van der Waals surface area (Å²) in [6.45, 7) is 0. The highest BCUT2D eigenvalue weighted by molar-refractivity contribution is 6.45. The molecule has 3 aromatic rings. The van der Waals surface area contributed by atoms with Crippen LogP contribution in [-0.4, -0.2) is 9.91 Å². The largest absolute Gasteiger partial charge is 0.303 e. The third-order valence-electron chi connectivity index (χ3n) is 3.67. The smallest absolute Gasteiger partial charge is 0.258 e. The Hall–Kier alpha value is -1.27. The molecule has 0 aliphatic rings. The molecular formula is C17H6Cl6N2O2. The molecule has 138 valence electrons. The lowest BCUT2D eigenvalue weighted by Gasteiger charge is -2.11. The number of nitro groups is 1. The van der Waals surface area contributed by atoms with Crippen LogP contribution in [0, 0.1) is 10.1 Å². The summed E-state index contributed by atoms with van der Waals surface area (Å²) in [5.41, 5.74) is 0.505. The van der Waals surface area contributed by atoms with Crippen LogP contribution >= 0.6 is 69.6 Å². The summed E-state index contributed by atoms with van der Waals surface area (Å²) < 4.78 is 0. The Morgan fingerprint density at radius 2 is 1.19 bits per heavy atom. The SMILES string of the molecule is O=[N+]([O-])c1c(-c2cc(Cl)c(Cl)cc2Cl)ccnc1-c1cc(Cl)c(Cl)cc1Cl. The van der Waals surface area contributed by atoms with Gasteiger partial charge in [-0.1, -0.05) is 69.6 Å². The summed E-state index contributed by atoms with van der Waals surface area (Å²) in [6, 6.07) is 7.14. The predicted molar refractivity (Wildman–Crippen MR) is 112 cm³/mol. The van der Waals surface area contributed by atoms with Crippen molar-refractivity contribution in [3.63, 3.8) is 0 Å². The van der Waals surface area contributed by atoms with Gasteiger partial charge >= 0.3 is 5.69 Å². The molecule has 0 amide bonds. The van der Waals surface area contributed by atoms with E-state index in [-0.39, 0.29) is 52.6 Å². The fraction of sp³-hybridized carbons (Fsp3) is 0. The maximum Gasteiger partial charge on any atom is 0.303 e. The van der Waals surface area contributed by atoms with E-state index in [0.717, 1.165) is 0 Å². The first-order chi connectivity index (χ1) is 12.7. The molecule has 1 aromatic heterocycles. The van der Waals surface area contributed by atoms with Crippen molar-refractivity contribution in [3.8, 4) is 22.4 Å². The summed E-state index contributed by atoms with van der Waals surface area (Å²) in [6.07, 6.45) is 1.40. The van der Waals surface area contributed by atoms with E-state index in [1.54, 1.807) is 0 Å². The minimum atomic E-state index is -0.574. The summed E-state index contributed by atoms with van der Waals surface area (Å²) in [5.74, 6) is 0. The van der Waals surface area contributed by atoms with Crippen molar-refractivity contribution in [1.29, 1.82) is 0 Å². The van der Waals surface area contributed by atoms with Crippen molar-refractivity contribution in [2.24, 2.45) is 0 Å². The highest BCUT2D eigenvalue weighted by Gasteiger charge is 2.27. The third-order valence-corrected chi connectivity index (χ3v) is 5.74. The van der Waals surface area contributed by atoms with Crippen molar-refractivity contribution in [3.05, 3.63) is 76.8 Å². The molecule has 0 aliphatic heterocycles. The molecule has 0 aliphatic carbocycles. The summed E-state index contributed by atoms with van der Waals surface area (Å²) in [7, 11) is 0. The van der Waals surface area contributed by atoms with Crippen molar-refractivity contribution < 1.29 is 4.92 Å². The van der Waals surface area contributed by atoms with Gasteiger partial charge in [0.25, 0.3) is 0 Å². The monoisotopic (exact) mass is 480 g/mol. The van der Waals surface area contributed by atoms with Crippen LogP contribution in [0.3, 0.4) is 0 Å². The molecular weight excluding hydrogens is 477 g/mol. The highest BCUT2D eigenvalue weighted by Crippen LogP contribution is 2.44. The lowest BCUT2D eigenvalue weighted by Crippen LogP contribution is -1.99. The Morgan fingerprint density at radius 1 is 0.704 bits per heavy atom. The molecule has 0 fully saturated rings. The molecule has 1 heterocycles. The van der Waals surface area contributed by atoms with Crippen molar-refractivity contribution in [1.82, 2.24) is 4.98 Å². The molecule has 2 aromatic carbocycles. The van der Waals surface area contributed by atoms with Gasteiger partial charge in [-0.3, -0.25) is 10.1 Å². The van der Waals surface area contributed by atoms with Crippen LogP contribution in [0.25, 0.3) is 22.4 Å². The molecule has 4 nitrogen and oxygen atoms in total. The minimum Gasteiger partial charge on any atom is -0.258 e. The van der Waals surface area contributed by atoms with Crippen molar-refractivity contribution in [2.45, 2.75) is 0 Å². The summed E-state index contributed by atoms with van der Waals surface area (Å²) in [5, 5.41) is 13.1. The molecule has 0 radical (unpaired) electrons. The number of aromatic nitrogens is 1. The first-order valence-corrected chi connectivity index (χ1v) is 9.40. The van der Waals surface area contributed by atoms with E-state index in [1.807, 2.05) is 0 Å². The van der Waals surface area contributed by atoms with Gasteiger partial charge in [0.15, 0.2) is 0 Å². The molecule has 0 saturated carbocycles. The number of hydrogen-bond donors (Lipinski definition) is 0. The van der Waals surface area contributed by atoms with E-state index in [9.17, 15) is 10.1 Å². The zero-order valence-corrected chi connectivity index (χ0v) is 17.5. The van der Waals surface area contributed by atoms with Crippen LogP contribution in [0.5, 0.6) is 0 Å². The summed E-state index contributed by atoms with van der Waals surface area (Å²) in [4.78, 5) is 15.4. The molecule has 10 heteroatoms. The molecule has 3 rings (SSSR count). The average Bonchev–Trinajstić information content (AvgIpc) is 2.60. The Labute approximate surface area is 183 Å². The number of benzene rings is 2. The van der Waals surface area contributed by atoms with Gasteiger partial charge < -0.3 is 0 Å². The van der Waals surface area contributed by atoms with Gasteiger partial charge in [0, 0.05) is 17.3 Å². The molecule has 0 atom stereocenters. The topological polar surface area (TPSA) is 56.0 Å². The van der Waals surface area contributed by atoms with Crippen molar-refractivity contribution >= 4 is 75.3 Å². The van der Waals surface area contributed by atoms with E-state index in [1.165, 1.54) is 36.5 Å². The van der Waals surface area contributed by atoms with Gasteiger partial charge in [0.05, 0.1) is 40.6 Å². The standard InChI is InChI=1S/C17H6Cl6N2O2/c18-10-5-14(22)12(20)3-8(10)7-1-2-24-16(17(7)25(26)27)9-4-13(21)15(23)6-11(9)19/h1-6H. The van der Waals surface area contributed by atoms with E-state index in [4.69, 9.17) is 69.6 Å². The zero-order chi connectivity index (χ0) is 19.9. The fourth-order valence-electron chi connectivity index (χ4n) is 2.49. The van der Waals surface area contributed by atoms with Gasteiger partial charge in [0.2, 0.25) is 0 Å². The normalized spacial score (nSPS) is 10.9. The Morgan fingerprint density at radius 3 is 1.74 bits per heavy atom. The number of nitrogens with zero attached hydrogens (tertiary/aromatic N) is 2. The van der Waals surface area contributed by atoms with Crippen LogP contribution in [0.15, 0.2) is 36.5 Å². The molecule has 0 bridgehead atoms. The van der Waals surface area contributed by atoms with Crippen LogP contribution in [0.1, 0.15) is 0 Å². The van der Waals surface area contributed by atoms with Gasteiger partial charge in [-0.2, -0.15) is 0 Å². The van der Waals surface area contributed by atoms with E-state index >= 15 is 0 Å². The quantitative estimate of drug-likeness (QED) is 0.214. The maximum absolute atomic E-state index is 11.9. The first kappa shape index (κ1) is 20.5. The molecule has 27 heavy (non-hydrogen) atoms. The van der Waals surface area contributed by atoms with E-state index < -0.39 is 4.92 Å². The molecule has 0 spiro atoms. The number of halogens is 6. The van der Waals surface area contributed by atoms with Gasteiger partial charge in [-0.15, -0.1) is 0 Å². The first-order valence-electron chi connectivity index (χ1n) is 7.14. The van der Waals surface area contributed by atoms with Crippen LogP contribution < -0.4 is 0 Å². The summed E-state index contributed by atoms with van der Waals surface area (Å²) >= 11 is 36.4. The predicted octanol–water partition coefficient (Wildman–Crippen LogP) is 8.24. The molecule has 0 N–H and O–H groups in total. The second kappa shape index (κ2) is 8.00. The van der Waals surface area contributed by atoms with Crippen LogP contribution in [0.4, 0.5) is 5.69 Å². The van der Waals surface area contributed by atoms with Gasteiger partial charge in [-0.25, -0.2) is 4.98 Å². The van der Waals surface area contributed by atoms with Crippen molar-refractivity contribution in [2.75, 3.05) is 0 Å². The van der Waals surface area contributed by atoms with Crippen LogP contribution in [-0.2, 0) is 0 Å². The average molecular weight is 483 g/mol. The zero-order valence-electron chi connectivity index (χ0n) is 12.9. The number of hydrogen-bond acceptors (Lipinski definition) is 3. The molecule has 0 unspecified atom stereocenters. The maximum atomic E-state index is 11.9. The van der Waals surface area contributed by atoms with E-state index in [0.29, 0.717) is 5.56 Å². The highest BCUT2D eigenvalue weighted by atomic mass is 35.5. The minimum absolute atomic E-state index is 0.0169. The Kier molecular flexibility index (Phi) is 6.06. The Balaban J connectivity index is 2.35.